The van der Waals surface area contributed by atoms with Crippen LogP contribution in [0.15, 0.2) is 42.0 Å². The molecule has 0 aromatic heterocycles. The van der Waals surface area contributed by atoms with Gasteiger partial charge >= 0.3 is 0 Å². The Morgan fingerprint density at radius 2 is 1.95 bits per heavy atom. The number of carbonyl (C=O) groups is 1. The maximum atomic E-state index is 13.1. The van der Waals surface area contributed by atoms with E-state index in [1.165, 1.54) is 29.6 Å². The second-order valence-electron chi connectivity index (χ2n) is 7.04. The van der Waals surface area contributed by atoms with Crippen molar-refractivity contribution in [1.82, 2.24) is 0 Å². The topological polar surface area (TPSA) is 20.3 Å². The van der Waals surface area contributed by atoms with Crippen molar-refractivity contribution in [3.63, 3.8) is 0 Å². The first-order chi connectivity index (χ1) is 10.7. The maximum absolute atomic E-state index is 13.1. The van der Waals surface area contributed by atoms with E-state index in [0.717, 1.165) is 18.7 Å². The van der Waals surface area contributed by atoms with E-state index in [9.17, 15) is 4.79 Å². The molecule has 2 aliphatic carbocycles. The molecule has 0 saturated heterocycles. The molecular weight excluding hydrogens is 270 g/mol. The van der Waals surface area contributed by atoms with E-state index in [2.05, 4.69) is 55.2 Å². The van der Waals surface area contributed by atoms with Gasteiger partial charge in [-0.15, -0.1) is 0 Å². The summed E-state index contributed by atoms with van der Waals surface area (Å²) in [7, 11) is 0. The zero-order chi connectivity index (χ0) is 15.3. The number of hydrogen-bond acceptors (Lipinski definition) is 1. The number of amides is 1. The molecular formula is C20H23NO. The Morgan fingerprint density at radius 1 is 1.18 bits per heavy atom. The molecule has 0 bridgehead atoms. The van der Waals surface area contributed by atoms with Crippen LogP contribution in [0.5, 0.6) is 0 Å². The van der Waals surface area contributed by atoms with Crippen LogP contribution < -0.4 is 4.90 Å². The number of anilines is 1. The number of nitrogens with zero attached hydrogens (tertiary/aromatic N) is 1. The first-order valence-corrected chi connectivity index (χ1v) is 8.48. The number of hydrogen-bond donors (Lipinski definition) is 0. The Hall–Kier alpha value is -1.83. The number of carbonyl (C=O) groups excluding carboxylic acids is 1. The summed E-state index contributed by atoms with van der Waals surface area (Å²) in [6.45, 7) is 5.24. The summed E-state index contributed by atoms with van der Waals surface area (Å²) in [5.41, 5.74) is 4.96. The van der Waals surface area contributed by atoms with Gasteiger partial charge in [0, 0.05) is 12.1 Å². The van der Waals surface area contributed by atoms with Crippen LogP contribution in [0.4, 0.5) is 5.69 Å². The lowest BCUT2D eigenvalue weighted by molar-refractivity contribution is -0.121. The monoisotopic (exact) mass is 293 g/mol. The third-order valence-corrected chi connectivity index (χ3v) is 5.34. The van der Waals surface area contributed by atoms with E-state index in [4.69, 9.17) is 0 Å². The molecule has 0 spiro atoms. The van der Waals surface area contributed by atoms with Gasteiger partial charge in [-0.2, -0.15) is 0 Å². The van der Waals surface area contributed by atoms with Crippen LogP contribution in [-0.2, 0) is 4.79 Å². The van der Waals surface area contributed by atoms with Crippen LogP contribution in [0.25, 0.3) is 5.57 Å². The fraction of sp³-hybridized carbons (Fsp3) is 0.450. The van der Waals surface area contributed by atoms with Crippen LogP contribution in [-0.4, -0.2) is 12.5 Å². The van der Waals surface area contributed by atoms with E-state index in [1.807, 2.05) is 0 Å². The van der Waals surface area contributed by atoms with E-state index >= 15 is 0 Å². The number of para-hydroxylation sites is 1. The number of allylic oxidation sites excluding steroid dienone is 3. The molecule has 22 heavy (non-hydrogen) atoms. The zero-order valence-corrected chi connectivity index (χ0v) is 13.4. The van der Waals surface area contributed by atoms with Crippen LogP contribution >= 0.6 is 0 Å². The molecule has 3 aliphatic rings. The summed E-state index contributed by atoms with van der Waals surface area (Å²) in [6.07, 6.45) is 8.07. The minimum absolute atomic E-state index is 0.0129. The summed E-state index contributed by atoms with van der Waals surface area (Å²) < 4.78 is 0. The van der Waals surface area contributed by atoms with Gasteiger partial charge in [0.05, 0.1) is 11.6 Å². The van der Waals surface area contributed by atoms with Gasteiger partial charge in [-0.25, -0.2) is 0 Å². The second-order valence-corrected chi connectivity index (χ2v) is 7.04. The zero-order valence-electron chi connectivity index (χ0n) is 13.4. The number of benzene rings is 1. The minimum Gasteiger partial charge on any atom is -0.311 e. The number of fused-ring (bicyclic) bond motifs is 2. The Bertz CT molecular complexity index is 681. The van der Waals surface area contributed by atoms with Crippen LogP contribution in [0.3, 0.4) is 0 Å². The molecule has 1 saturated carbocycles. The summed E-state index contributed by atoms with van der Waals surface area (Å²) >= 11 is 0. The van der Waals surface area contributed by atoms with Crippen molar-refractivity contribution >= 4 is 17.2 Å². The van der Waals surface area contributed by atoms with Gasteiger partial charge in [0.2, 0.25) is 5.91 Å². The van der Waals surface area contributed by atoms with E-state index in [-0.39, 0.29) is 11.8 Å². The standard InChI is InChI=1S/C20H23NO/c1-13-6-5-8-17-16-7-3-4-9-18(16)21(12-15-10-11-15)20(22)14(2)19(13)17/h3-5,7-9,13-15H,6,10-12H2,1-2H3/t13?,14-/m0/s1. The first kappa shape index (κ1) is 13.8. The Kier molecular flexibility index (Phi) is 3.21. The largest absolute Gasteiger partial charge is 0.311 e. The molecule has 2 atom stereocenters. The average Bonchev–Trinajstić information content (AvgIpc) is 3.35. The second kappa shape index (κ2) is 5.12. The van der Waals surface area contributed by atoms with Gasteiger partial charge in [0.15, 0.2) is 0 Å². The molecule has 0 N–H and O–H groups in total. The molecule has 4 rings (SSSR count). The van der Waals surface area contributed by atoms with Crippen LogP contribution in [0.2, 0.25) is 0 Å². The van der Waals surface area contributed by atoms with E-state index in [1.54, 1.807) is 0 Å². The van der Waals surface area contributed by atoms with Gasteiger partial charge in [0.25, 0.3) is 0 Å². The summed E-state index contributed by atoms with van der Waals surface area (Å²) in [5.74, 6) is 1.42. The van der Waals surface area contributed by atoms with Crippen molar-refractivity contribution in [1.29, 1.82) is 0 Å². The summed E-state index contributed by atoms with van der Waals surface area (Å²) in [6, 6.07) is 8.44. The fourth-order valence-corrected chi connectivity index (χ4v) is 3.95. The lowest BCUT2D eigenvalue weighted by Crippen LogP contribution is -2.37. The quantitative estimate of drug-likeness (QED) is 0.790. The first-order valence-electron chi connectivity index (χ1n) is 8.48. The SMILES string of the molecule is CC1CC=CC2=C1[C@H](C)C(=O)N(CC1CC1)c1ccccc12. The fourth-order valence-electron chi connectivity index (χ4n) is 3.95. The number of rotatable bonds is 2. The molecule has 2 nitrogen and oxygen atoms in total. The minimum atomic E-state index is -0.0129. The maximum Gasteiger partial charge on any atom is 0.233 e. The van der Waals surface area contributed by atoms with Crippen molar-refractivity contribution in [3.8, 4) is 0 Å². The smallest absolute Gasteiger partial charge is 0.233 e. The summed E-state index contributed by atoms with van der Waals surface area (Å²) in [5, 5.41) is 0. The van der Waals surface area contributed by atoms with Gasteiger partial charge in [0.1, 0.15) is 0 Å². The van der Waals surface area contributed by atoms with Gasteiger partial charge in [-0.05, 0) is 55.2 Å². The highest BCUT2D eigenvalue weighted by molar-refractivity contribution is 6.04. The van der Waals surface area contributed by atoms with Crippen molar-refractivity contribution in [2.75, 3.05) is 11.4 Å². The van der Waals surface area contributed by atoms with E-state index in [0.29, 0.717) is 11.8 Å². The van der Waals surface area contributed by atoms with Gasteiger partial charge in [-0.1, -0.05) is 37.3 Å². The van der Waals surface area contributed by atoms with Crippen LogP contribution in [0, 0.1) is 17.8 Å². The van der Waals surface area contributed by atoms with Gasteiger partial charge in [-0.3, -0.25) is 4.79 Å². The average molecular weight is 293 g/mol. The lowest BCUT2D eigenvalue weighted by Gasteiger charge is -2.27. The van der Waals surface area contributed by atoms with E-state index < -0.39 is 0 Å². The predicted molar refractivity (Wildman–Crippen MR) is 90.5 cm³/mol. The van der Waals surface area contributed by atoms with Crippen molar-refractivity contribution in [2.45, 2.75) is 33.1 Å². The highest BCUT2D eigenvalue weighted by atomic mass is 16.2. The molecule has 114 valence electrons. The van der Waals surface area contributed by atoms with Crippen molar-refractivity contribution in [3.05, 3.63) is 47.6 Å². The normalized spacial score (nSPS) is 27.5. The molecule has 0 radical (unpaired) electrons. The lowest BCUT2D eigenvalue weighted by atomic mass is 9.79. The Balaban J connectivity index is 1.89. The third-order valence-electron chi connectivity index (χ3n) is 5.34. The molecule has 1 amide bonds. The van der Waals surface area contributed by atoms with Gasteiger partial charge < -0.3 is 4.90 Å². The summed E-state index contributed by atoms with van der Waals surface area (Å²) in [4.78, 5) is 15.2. The van der Waals surface area contributed by atoms with Crippen LogP contribution in [0.1, 0.15) is 38.7 Å². The predicted octanol–water partition coefficient (Wildman–Crippen LogP) is 4.43. The third kappa shape index (κ3) is 2.13. The Labute approximate surface area is 132 Å². The Morgan fingerprint density at radius 3 is 2.73 bits per heavy atom. The molecule has 1 aliphatic heterocycles. The molecule has 1 heterocycles. The molecule has 1 aromatic carbocycles. The highest BCUT2D eigenvalue weighted by Crippen LogP contribution is 2.44. The van der Waals surface area contributed by atoms with Crippen molar-refractivity contribution in [2.24, 2.45) is 17.8 Å². The molecule has 1 unspecified atom stereocenters. The highest BCUT2D eigenvalue weighted by Gasteiger charge is 2.37. The van der Waals surface area contributed by atoms with Crippen molar-refractivity contribution < 1.29 is 4.79 Å². The molecule has 1 aromatic rings. The molecule has 1 fully saturated rings. The molecule has 2 heteroatoms.